The fourth-order valence-corrected chi connectivity index (χ4v) is 1.14. The van der Waals surface area contributed by atoms with Gasteiger partial charge in [0.2, 0.25) is 0 Å². The molecule has 1 aromatic rings. The predicted molar refractivity (Wildman–Crippen MR) is 44.9 cm³/mol. The fraction of sp³-hybridized carbons (Fsp3) is 0.333. The van der Waals surface area contributed by atoms with Crippen LogP contribution in [0.25, 0.3) is 0 Å². The monoisotopic (exact) mass is 169 g/mol. The van der Waals surface area contributed by atoms with Crippen LogP contribution < -0.4 is 5.90 Å². The van der Waals surface area contributed by atoms with Crippen molar-refractivity contribution in [3.63, 3.8) is 0 Å². The molecule has 3 heteroatoms. The molecule has 0 aliphatic carbocycles. The standard InChI is InChI=1S/C9H12FNO/c1-7(10)9-5-3-2-4-8(9)6-12-11/h2-5,7H,6,11H2,1H3. The summed E-state index contributed by atoms with van der Waals surface area (Å²) in [7, 11) is 0. The van der Waals surface area contributed by atoms with Crippen molar-refractivity contribution in [3.05, 3.63) is 35.4 Å². The molecular formula is C9H12FNO. The summed E-state index contributed by atoms with van der Waals surface area (Å²) in [6.45, 7) is 1.75. The van der Waals surface area contributed by atoms with E-state index >= 15 is 0 Å². The van der Waals surface area contributed by atoms with Crippen molar-refractivity contribution in [2.45, 2.75) is 19.7 Å². The first kappa shape index (κ1) is 9.16. The minimum atomic E-state index is -0.976. The average molecular weight is 169 g/mol. The maximum atomic E-state index is 12.9. The first-order valence-corrected chi connectivity index (χ1v) is 3.79. The van der Waals surface area contributed by atoms with E-state index < -0.39 is 6.17 Å². The molecule has 0 aliphatic rings. The Balaban J connectivity index is 2.92. The van der Waals surface area contributed by atoms with Gasteiger partial charge in [0.1, 0.15) is 6.17 Å². The largest absolute Gasteiger partial charge is 0.300 e. The average Bonchev–Trinajstić information content (AvgIpc) is 2.05. The minimum Gasteiger partial charge on any atom is -0.300 e. The molecule has 66 valence electrons. The van der Waals surface area contributed by atoms with Gasteiger partial charge in [0, 0.05) is 0 Å². The van der Waals surface area contributed by atoms with E-state index in [2.05, 4.69) is 4.84 Å². The molecule has 0 bridgehead atoms. The summed E-state index contributed by atoms with van der Waals surface area (Å²) in [6.07, 6.45) is -0.976. The zero-order valence-electron chi connectivity index (χ0n) is 6.96. The lowest BCUT2D eigenvalue weighted by Crippen LogP contribution is -2.02. The van der Waals surface area contributed by atoms with Crippen molar-refractivity contribution < 1.29 is 9.23 Å². The maximum Gasteiger partial charge on any atom is 0.123 e. The second kappa shape index (κ2) is 4.18. The quantitative estimate of drug-likeness (QED) is 0.703. The molecule has 0 saturated heterocycles. The first-order valence-electron chi connectivity index (χ1n) is 3.79. The van der Waals surface area contributed by atoms with E-state index in [9.17, 15) is 4.39 Å². The van der Waals surface area contributed by atoms with Crippen molar-refractivity contribution in [3.8, 4) is 0 Å². The van der Waals surface area contributed by atoms with E-state index in [1.165, 1.54) is 6.92 Å². The Morgan fingerprint density at radius 2 is 2.17 bits per heavy atom. The summed E-state index contributed by atoms with van der Waals surface area (Å²) >= 11 is 0. The van der Waals surface area contributed by atoms with E-state index in [0.29, 0.717) is 5.56 Å². The third kappa shape index (κ3) is 2.03. The molecule has 0 saturated carbocycles. The van der Waals surface area contributed by atoms with Crippen molar-refractivity contribution in [2.24, 2.45) is 5.90 Å². The highest BCUT2D eigenvalue weighted by molar-refractivity contribution is 5.28. The number of alkyl halides is 1. The number of benzene rings is 1. The van der Waals surface area contributed by atoms with Gasteiger partial charge >= 0.3 is 0 Å². The highest BCUT2D eigenvalue weighted by atomic mass is 19.1. The van der Waals surface area contributed by atoms with Crippen LogP contribution >= 0.6 is 0 Å². The van der Waals surface area contributed by atoms with Crippen molar-refractivity contribution in [1.29, 1.82) is 0 Å². The Morgan fingerprint density at radius 1 is 1.50 bits per heavy atom. The maximum absolute atomic E-state index is 12.9. The summed E-state index contributed by atoms with van der Waals surface area (Å²) in [5, 5.41) is 0. The normalized spacial score (nSPS) is 12.9. The Morgan fingerprint density at radius 3 is 2.75 bits per heavy atom. The van der Waals surface area contributed by atoms with Crippen LogP contribution in [0.15, 0.2) is 24.3 Å². The molecule has 1 rings (SSSR count). The Hall–Kier alpha value is -0.930. The smallest absolute Gasteiger partial charge is 0.123 e. The van der Waals surface area contributed by atoms with Crippen LogP contribution in [0.2, 0.25) is 0 Å². The molecular weight excluding hydrogens is 157 g/mol. The molecule has 1 aromatic carbocycles. The fourth-order valence-electron chi connectivity index (χ4n) is 1.14. The van der Waals surface area contributed by atoms with Gasteiger partial charge < -0.3 is 0 Å². The summed E-state index contributed by atoms with van der Waals surface area (Å²) in [5.74, 6) is 4.91. The Kier molecular flexibility index (Phi) is 3.19. The van der Waals surface area contributed by atoms with Gasteiger partial charge in [-0.1, -0.05) is 24.3 Å². The van der Waals surface area contributed by atoms with Crippen LogP contribution in [0.5, 0.6) is 0 Å². The van der Waals surface area contributed by atoms with E-state index in [1.54, 1.807) is 18.2 Å². The molecule has 0 amide bonds. The van der Waals surface area contributed by atoms with E-state index in [1.807, 2.05) is 6.07 Å². The van der Waals surface area contributed by atoms with Crippen LogP contribution in [0.3, 0.4) is 0 Å². The van der Waals surface area contributed by atoms with Gasteiger partial charge in [-0.15, -0.1) is 0 Å². The van der Waals surface area contributed by atoms with Gasteiger partial charge in [-0.3, -0.25) is 4.84 Å². The van der Waals surface area contributed by atoms with Crippen LogP contribution in [-0.4, -0.2) is 0 Å². The van der Waals surface area contributed by atoms with Gasteiger partial charge in [0.15, 0.2) is 0 Å². The summed E-state index contributed by atoms with van der Waals surface area (Å²) < 4.78 is 12.9. The predicted octanol–water partition coefficient (Wildman–Crippen LogP) is 2.11. The zero-order valence-corrected chi connectivity index (χ0v) is 6.96. The summed E-state index contributed by atoms with van der Waals surface area (Å²) in [4.78, 5) is 4.45. The van der Waals surface area contributed by atoms with E-state index in [4.69, 9.17) is 5.90 Å². The number of halogens is 1. The van der Waals surface area contributed by atoms with Crippen molar-refractivity contribution >= 4 is 0 Å². The second-order valence-electron chi connectivity index (χ2n) is 2.63. The SMILES string of the molecule is CC(F)c1ccccc1CON. The summed E-state index contributed by atoms with van der Waals surface area (Å²) in [6, 6.07) is 7.17. The molecule has 1 unspecified atom stereocenters. The lowest BCUT2D eigenvalue weighted by molar-refractivity contribution is 0.122. The van der Waals surface area contributed by atoms with Gasteiger partial charge in [-0.05, 0) is 18.1 Å². The number of hydrogen-bond donors (Lipinski definition) is 1. The number of rotatable bonds is 3. The third-order valence-electron chi connectivity index (χ3n) is 1.72. The molecule has 12 heavy (non-hydrogen) atoms. The number of hydrogen-bond acceptors (Lipinski definition) is 2. The van der Waals surface area contributed by atoms with Crippen molar-refractivity contribution in [1.82, 2.24) is 0 Å². The Bertz CT molecular complexity index is 250. The molecule has 1 atom stereocenters. The lowest BCUT2D eigenvalue weighted by Gasteiger charge is -2.08. The molecule has 0 spiro atoms. The van der Waals surface area contributed by atoms with E-state index in [-0.39, 0.29) is 6.61 Å². The van der Waals surface area contributed by atoms with Crippen LogP contribution in [0.1, 0.15) is 24.2 Å². The van der Waals surface area contributed by atoms with Crippen molar-refractivity contribution in [2.75, 3.05) is 0 Å². The zero-order chi connectivity index (χ0) is 8.97. The molecule has 0 heterocycles. The van der Waals surface area contributed by atoms with Gasteiger partial charge in [-0.25, -0.2) is 10.3 Å². The second-order valence-corrected chi connectivity index (χ2v) is 2.63. The number of nitrogens with two attached hydrogens (primary N) is 1. The van der Waals surface area contributed by atoms with E-state index in [0.717, 1.165) is 5.56 Å². The molecule has 2 nitrogen and oxygen atoms in total. The molecule has 2 N–H and O–H groups in total. The lowest BCUT2D eigenvalue weighted by atomic mass is 10.1. The summed E-state index contributed by atoms with van der Waals surface area (Å²) in [5.41, 5.74) is 1.44. The van der Waals surface area contributed by atoms with Gasteiger partial charge in [0.25, 0.3) is 0 Å². The van der Waals surface area contributed by atoms with Crippen LogP contribution in [0, 0.1) is 0 Å². The minimum absolute atomic E-state index is 0.254. The third-order valence-corrected chi connectivity index (χ3v) is 1.72. The Labute approximate surface area is 71.1 Å². The van der Waals surface area contributed by atoms with Gasteiger partial charge in [0.05, 0.1) is 6.61 Å². The topological polar surface area (TPSA) is 35.2 Å². The highest BCUT2D eigenvalue weighted by Gasteiger charge is 2.07. The highest BCUT2D eigenvalue weighted by Crippen LogP contribution is 2.20. The first-order chi connectivity index (χ1) is 5.75. The van der Waals surface area contributed by atoms with Crippen LogP contribution in [0.4, 0.5) is 4.39 Å². The molecule has 0 fully saturated rings. The molecule has 0 radical (unpaired) electrons. The molecule has 0 aromatic heterocycles. The van der Waals surface area contributed by atoms with Crippen LogP contribution in [-0.2, 0) is 11.4 Å². The molecule has 0 aliphatic heterocycles. The van der Waals surface area contributed by atoms with Gasteiger partial charge in [-0.2, -0.15) is 0 Å².